The van der Waals surface area contributed by atoms with Gasteiger partial charge in [0.2, 0.25) is 0 Å². The van der Waals surface area contributed by atoms with E-state index >= 15 is 0 Å². The zero-order chi connectivity index (χ0) is 26.4. The third-order valence-electron chi connectivity index (χ3n) is 8.14. The minimum atomic E-state index is 0.881. The van der Waals surface area contributed by atoms with E-state index in [0.29, 0.717) is 0 Å². The predicted octanol–water partition coefficient (Wildman–Crippen LogP) is 11.0. The Morgan fingerprint density at radius 2 is 0.900 bits per heavy atom. The molecule has 9 aromatic rings. The molecular weight excluding hydrogens is 492 g/mol. The Bertz CT molecular complexity index is 2450. The van der Waals surface area contributed by atoms with Gasteiger partial charge in [-0.15, -0.1) is 0 Å². The van der Waals surface area contributed by atoms with Crippen molar-refractivity contribution in [2.45, 2.75) is 6.92 Å². The molecule has 3 aromatic heterocycles. The summed E-state index contributed by atoms with van der Waals surface area (Å²) >= 11 is 0. The van der Waals surface area contributed by atoms with Gasteiger partial charge in [0.25, 0.3) is 0 Å². The number of para-hydroxylation sites is 2. The summed E-state index contributed by atoms with van der Waals surface area (Å²) in [5.41, 5.74) is 11.1. The molecule has 0 unspecified atom stereocenters. The van der Waals surface area contributed by atoms with Crippen molar-refractivity contribution < 1.29 is 13.3 Å². The second-order valence-electron chi connectivity index (χ2n) is 10.6. The highest BCUT2D eigenvalue weighted by atomic mass is 16.3. The lowest BCUT2D eigenvalue weighted by Crippen LogP contribution is -1.79. The average molecular weight is 515 g/mol. The Morgan fingerprint density at radius 3 is 1.68 bits per heavy atom. The van der Waals surface area contributed by atoms with Crippen molar-refractivity contribution in [3.05, 3.63) is 121 Å². The van der Waals surface area contributed by atoms with Crippen LogP contribution in [-0.4, -0.2) is 0 Å². The molecular formula is C37H22O3. The summed E-state index contributed by atoms with van der Waals surface area (Å²) in [5.74, 6) is 0. The van der Waals surface area contributed by atoms with E-state index in [1.807, 2.05) is 12.1 Å². The second kappa shape index (κ2) is 7.87. The lowest BCUT2D eigenvalue weighted by Gasteiger charge is -2.03. The molecule has 3 heteroatoms. The molecule has 0 aliphatic heterocycles. The third kappa shape index (κ3) is 3.06. The highest BCUT2D eigenvalue weighted by Crippen LogP contribution is 2.40. The number of furan rings is 3. The molecule has 0 aliphatic rings. The number of hydrogen-bond donors (Lipinski definition) is 0. The van der Waals surface area contributed by atoms with Gasteiger partial charge in [0.05, 0.1) is 0 Å². The van der Waals surface area contributed by atoms with Gasteiger partial charge in [-0.05, 0) is 78.2 Å². The summed E-state index contributed by atoms with van der Waals surface area (Å²) in [4.78, 5) is 0. The number of aryl methyl sites for hydroxylation is 1. The van der Waals surface area contributed by atoms with Crippen LogP contribution in [0.1, 0.15) is 5.56 Å². The minimum Gasteiger partial charge on any atom is -0.456 e. The van der Waals surface area contributed by atoms with Gasteiger partial charge in [0.1, 0.15) is 33.5 Å². The van der Waals surface area contributed by atoms with E-state index < -0.39 is 0 Å². The zero-order valence-electron chi connectivity index (χ0n) is 21.7. The first kappa shape index (κ1) is 21.6. The molecule has 0 saturated carbocycles. The monoisotopic (exact) mass is 514 g/mol. The summed E-state index contributed by atoms with van der Waals surface area (Å²) in [6.45, 7) is 2.11. The number of hydrogen-bond acceptors (Lipinski definition) is 3. The Balaban J connectivity index is 1.21. The standard InChI is InChI=1S/C37H22O3/c1-21-9-13-33-28(17-21)31-19-23(10-14-35(31)39-33)22-11-15-36-30(18-22)27-7-4-6-25(37(27)40-36)24-12-16-34-29(20-24)26-5-2-3-8-32(26)38-34/h2-20H,1H3. The van der Waals surface area contributed by atoms with Crippen LogP contribution in [0.2, 0.25) is 0 Å². The molecule has 3 nitrogen and oxygen atoms in total. The molecule has 0 atom stereocenters. The van der Waals surface area contributed by atoms with Gasteiger partial charge in [-0.1, -0.05) is 66.2 Å². The molecule has 0 amide bonds. The normalized spacial score (nSPS) is 12.1. The van der Waals surface area contributed by atoms with E-state index in [0.717, 1.165) is 88.1 Å². The van der Waals surface area contributed by atoms with E-state index in [1.54, 1.807) is 0 Å². The van der Waals surface area contributed by atoms with Crippen molar-refractivity contribution >= 4 is 65.8 Å². The van der Waals surface area contributed by atoms with E-state index in [-0.39, 0.29) is 0 Å². The fourth-order valence-electron chi connectivity index (χ4n) is 6.17. The van der Waals surface area contributed by atoms with Gasteiger partial charge in [-0.25, -0.2) is 0 Å². The van der Waals surface area contributed by atoms with Crippen molar-refractivity contribution in [3.63, 3.8) is 0 Å². The molecule has 0 N–H and O–H groups in total. The maximum Gasteiger partial charge on any atom is 0.143 e. The molecule has 6 aromatic carbocycles. The average Bonchev–Trinajstić information content (AvgIpc) is 3.67. The Hall–Kier alpha value is -5.28. The van der Waals surface area contributed by atoms with Crippen LogP contribution < -0.4 is 0 Å². The van der Waals surface area contributed by atoms with Gasteiger partial charge < -0.3 is 13.3 Å². The first-order chi connectivity index (χ1) is 19.7. The summed E-state index contributed by atoms with van der Waals surface area (Å²) in [6.07, 6.45) is 0. The summed E-state index contributed by atoms with van der Waals surface area (Å²) < 4.78 is 18.6. The highest BCUT2D eigenvalue weighted by Gasteiger charge is 2.16. The minimum absolute atomic E-state index is 0.881. The first-order valence-corrected chi connectivity index (χ1v) is 13.5. The van der Waals surface area contributed by atoms with Crippen molar-refractivity contribution in [1.82, 2.24) is 0 Å². The fourth-order valence-corrected chi connectivity index (χ4v) is 6.17. The Kier molecular flexibility index (Phi) is 4.26. The van der Waals surface area contributed by atoms with Gasteiger partial charge in [-0.3, -0.25) is 0 Å². The van der Waals surface area contributed by atoms with Crippen LogP contribution in [0.5, 0.6) is 0 Å². The number of fused-ring (bicyclic) bond motifs is 9. The zero-order valence-corrected chi connectivity index (χ0v) is 21.7. The SMILES string of the molecule is Cc1ccc2oc3ccc(-c4ccc5oc6c(-c7ccc8oc9ccccc9c8c7)cccc6c5c4)cc3c2c1. The third-order valence-corrected chi connectivity index (χ3v) is 8.14. The molecule has 40 heavy (non-hydrogen) atoms. The second-order valence-corrected chi connectivity index (χ2v) is 10.6. The molecule has 188 valence electrons. The maximum atomic E-state index is 6.50. The molecule has 0 saturated heterocycles. The fraction of sp³-hybridized carbons (Fsp3) is 0.0270. The van der Waals surface area contributed by atoms with Crippen molar-refractivity contribution in [1.29, 1.82) is 0 Å². The van der Waals surface area contributed by atoms with Crippen molar-refractivity contribution in [2.75, 3.05) is 0 Å². The Morgan fingerprint density at radius 1 is 0.375 bits per heavy atom. The molecule has 0 spiro atoms. The van der Waals surface area contributed by atoms with Crippen LogP contribution >= 0.6 is 0 Å². The van der Waals surface area contributed by atoms with Crippen molar-refractivity contribution in [2.24, 2.45) is 0 Å². The summed E-state index contributed by atoms with van der Waals surface area (Å²) in [7, 11) is 0. The van der Waals surface area contributed by atoms with Crippen LogP contribution in [0.25, 0.3) is 88.1 Å². The van der Waals surface area contributed by atoms with Gasteiger partial charge in [0.15, 0.2) is 0 Å². The van der Waals surface area contributed by atoms with Crippen LogP contribution in [0, 0.1) is 6.92 Å². The van der Waals surface area contributed by atoms with Crippen LogP contribution in [0.4, 0.5) is 0 Å². The van der Waals surface area contributed by atoms with Gasteiger partial charge >= 0.3 is 0 Å². The van der Waals surface area contributed by atoms with Crippen LogP contribution in [0.3, 0.4) is 0 Å². The number of benzene rings is 6. The molecule has 0 aliphatic carbocycles. The molecule has 3 heterocycles. The van der Waals surface area contributed by atoms with Crippen molar-refractivity contribution in [3.8, 4) is 22.3 Å². The topological polar surface area (TPSA) is 39.4 Å². The van der Waals surface area contributed by atoms with E-state index in [9.17, 15) is 0 Å². The smallest absolute Gasteiger partial charge is 0.143 e. The predicted molar refractivity (Wildman–Crippen MR) is 164 cm³/mol. The maximum absolute atomic E-state index is 6.50. The van der Waals surface area contributed by atoms with Crippen LogP contribution in [-0.2, 0) is 0 Å². The first-order valence-electron chi connectivity index (χ1n) is 13.5. The lowest BCUT2D eigenvalue weighted by atomic mass is 9.98. The highest BCUT2D eigenvalue weighted by molar-refractivity contribution is 6.13. The number of rotatable bonds is 2. The molecule has 9 rings (SSSR count). The van der Waals surface area contributed by atoms with E-state index in [2.05, 4.69) is 110 Å². The molecule has 0 fully saturated rings. The van der Waals surface area contributed by atoms with Crippen LogP contribution in [0.15, 0.2) is 129 Å². The van der Waals surface area contributed by atoms with E-state index in [1.165, 1.54) is 5.56 Å². The van der Waals surface area contributed by atoms with Gasteiger partial charge in [-0.2, -0.15) is 0 Å². The largest absolute Gasteiger partial charge is 0.456 e. The van der Waals surface area contributed by atoms with Gasteiger partial charge in [0, 0.05) is 37.9 Å². The lowest BCUT2D eigenvalue weighted by molar-refractivity contribution is 0.668. The summed E-state index contributed by atoms with van der Waals surface area (Å²) in [5, 5.41) is 6.74. The summed E-state index contributed by atoms with van der Waals surface area (Å²) in [6, 6.07) is 40.2. The molecule has 0 bridgehead atoms. The molecule has 0 radical (unpaired) electrons. The van der Waals surface area contributed by atoms with E-state index in [4.69, 9.17) is 13.3 Å². The quantitative estimate of drug-likeness (QED) is 0.230. The Labute approximate surface area is 228 Å².